The van der Waals surface area contributed by atoms with Crippen LogP contribution in [-0.2, 0) is 4.79 Å². The number of rotatable bonds is 5. The summed E-state index contributed by atoms with van der Waals surface area (Å²) in [4.78, 5) is 30.3. The van der Waals surface area contributed by atoms with Gasteiger partial charge in [0.15, 0.2) is 5.16 Å². The monoisotopic (exact) mass is 355 g/mol. The second-order valence-corrected chi connectivity index (χ2v) is 6.47. The Labute approximate surface area is 141 Å². The Morgan fingerprint density at radius 1 is 1.43 bits per heavy atom. The van der Waals surface area contributed by atoms with Gasteiger partial charge in [-0.3, -0.25) is 9.59 Å². The molecule has 2 aromatic rings. The number of H-pyrrole nitrogens is 1. The molecule has 0 saturated heterocycles. The van der Waals surface area contributed by atoms with Crippen molar-refractivity contribution >= 4 is 35.0 Å². The van der Waals surface area contributed by atoms with E-state index in [1.54, 1.807) is 0 Å². The number of hydrogen-bond donors (Lipinski definition) is 2. The van der Waals surface area contributed by atoms with E-state index in [1.165, 1.54) is 24.3 Å². The van der Waals surface area contributed by atoms with Crippen LogP contribution in [0.1, 0.15) is 25.5 Å². The molecule has 0 fully saturated rings. The summed E-state index contributed by atoms with van der Waals surface area (Å²) in [5.74, 6) is -0.687. The van der Waals surface area contributed by atoms with Crippen LogP contribution in [0.25, 0.3) is 0 Å². The lowest BCUT2D eigenvalue weighted by molar-refractivity contribution is -0.113. The molecule has 1 aromatic carbocycles. The van der Waals surface area contributed by atoms with Gasteiger partial charge in [-0.2, -0.15) is 0 Å². The van der Waals surface area contributed by atoms with Gasteiger partial charge in [0, 0.05) is 11.8 Å². The number of halogens is 2. The Balaban J connectivity index is 1.99. The quantitative estimate of drug-likeness (QED) is 0.636. The van der Waals surface area contributed by atoms with Crippen LogP contribution in [-0.4, -0.2) is 21.6 Å². The predicted molar refractivity (Wildman–Crippen MR) is 89.7 cm³/mol. The summed E-state index contributed by atoms with van der Waals surface area (Å²) >= 11 is 6.77. The van der Waals surface area contributed by atoms with E-state index in [0.717, 1.165) is 11.8 Å². The fraction of sp³-hybridized carbons (Fsp3) is 0.267. The van der Waals surface area contributed by atoms with Gasteiger partial charge in [0.25, 0.3) is 5.56 Å². The predicted octanol–water partition coefficient (Wildman–Crippen LogP) is 3.42. The molecule has 0 aliphatic rings. The Morgan fingerprint density at radius 2 is 2.17 bits per heavy atom. The lowest BCUT2D eigenvalue weighted by Crippen LogP contribution is -2.16. The van der Waals surface area contributed by atoms with Crippen LogP contribution in [0.3, 0.4) is 0 Å². The van der Waals surface area contributed by atoms with E-state index in [1.807, 2.05) is 13.8 Å². The first kappa shape index (κ1) is 17.5. The zero-order chi connectivity index (χ0) is 17.0. The minimum absolute atomic E-state index is 0.0550. The number of aromatic nitrogens is 2. The number of amides is 1. The maximum absolute atomic E-state index is 13.1. The van der Waals surface area contributed by atoms with Crippen molar-refractivity contribution in [3.63, 3.8) is 0 Å². The van der Waals surface area contributed by atoms with Gasteiger partial charge in [-0.05, 0) is 24.1 Å². The maximum Gasteiger partial charge on any atom is 0.251 e. The van der Waals surface area contributed by atoms with E-state index in [-0.39, 0.29) is 28.2 Å². The SMILES string of the molecule is CC(C)c1cc(=O)[nH]c(SCC(=O)Nc2ccc(F)c(Cl)c2)n1. The van der Waals surface area contributed by atoms with E-state index in [2.05, 4.69) is 15.3 Å². The Bertz CT molecular complexity index is 780. The molecule has 0 bridgehead atoms. The van der Waals surface area contributed by atoms with Gasteiger partial charge in [-0.15, -0.1) is 0 Å². The zero-order valence-electron chi connectivity index (χ0n) is 12.5. The molecule has 0 unspecified atom stereocenters. The molecule has 1 heterocycles. The molecule has 1 amide bonds. The molecule has 8 heteroatoms. The van der Waals surface area contributed by atoms with Crippen LogP contribution < -0.4 is 10.9 Å². The fourth-order valence-corrected chi connectivity index (χ4v) is 2.59. The largest absolute Gasteiger partial charge is 0.325 e. The molecule has 0 atom stereocenters. The van der Waals surface area contributed by atoms with Gasteiger partial charge >= 0.3 is 0 Å². The van der Waals surface area contributed by atoms with Gasteiger partial charge in [0.2, 0.25) is 5.91 Å². The summed E-state index contributed by atoms with van der Waals surface area (Å²) < 4.78 is 13.1. The van der Waals surface area contributed by atoms with Crippen molar-refractivity contribution < 1.29 is 9.18 Å². The Morgan fingerprint density at radius 3 is 2.83 bits per heavy atom. The average Bonchev–Trinajstić information content (AvgIpc) is 2.48. The van der Waals surface area contributed by atoms with Crippen molar-refractivity contribution in [1.82, 2.24) is 9.97 Å². The highest BCUT2D eigenvalue weighted by Gasteiger charge is 2.09. The van der Waals surface area contributed by atoms with Crippen molar-refractivity contribution in [3.05, 3.63) is 51.2 Å². The molecule has 0 aliphatic heterocycles. The minimum Gasteiger partial charge on any atom is -0.325 e. The van der Waals surface area contributed by atoms with Crippen LogP contribution in [0.15, 0.2) is 34.2 Å². The normalized spacial score (nSPS) is 10.8. The summed E-state index contributed by atoms with van der Waals surface area (Å²) in [5.41, 5.74) is 0.818. The molecule has 5 nitrogen and oxygen atoms in total. The van der Waals surface area contributed by atoms with Crippen LogP contribution in [0, 0.1) is 5.82 Å². The standard InChI is InChI=1S/C15H15ClFN3O2S/c1-8(2)12-6-13(21)20-15(19-12)23-7-14(22)18-9-3-4-11(17)10(16)5-9/h3-6,8H,7H2,1-2H3,(H,18,22)(H,19,20,21). The van der Waals surface area contributed by atoms with E-state index < -0.39 is 5.82 Å². The first-order valence-corrected chi connectivity index (χ1v) is 8.20. The number of hydrogen-bond acceptors (Lipinski definition) is 4. The summed E-state index contributed by atoms with van der Waals surface area (Å²) in [5, 5.41) is 2.92. The molecular formula is C15H15ClFN3O2S. The Kier molecular flexibility index (Phi) is 5.79. The topological polar surface area (TPSA) is 74.8 Å². The minimum atomic E-state index is -0.550. The lowest BCUT2D eigenvalue weighted by Gasteiger charge is -2.07. The molecular weight excluding hydrogens is 341 g/mol. The Hall–Kier alpha value is -1.86. The number of nitrogens with zero attached hydrogens (tertiary/aromatic N) is 1. The van der Waals surface area contributed by atoms with Crippen molar-refractivity contribution in [2.24, 2.45) is 0 Å². The number of anilines is 1. The molecule has 0 spiro atoms. The van der Waals surface area contributed by atoms with Gasteiger partial charge in [0.05, 0.1) is 16.5 Å². The molecule has 0 aliphatic carbocycles. The maximum atomic E-state index is 13.1. The van der Waals surface area contributed by atoms with Crippen molar-refractivity contribution in [2.75, 3.05) is 11.1 Å². The van der Waals surface area contributed by atoms with E-state index in [4.69, 9.17) is 11.6 Å². The van der Waals surface area contributed by atoms with Crippen LogP contribution in [0.5, 0.6) is 0 Å². The average molecular weight is 356 g/mol. The smallest absolute Gasteiger partial charge is 0.251 e. The van der Waals surface area contributed by atoms with Crippen LogP contribution in [0.2, 0.25) is 5.02 Å². The van der Waals surface area contributed by atoms with Gasteiger partial charge in [0.1, 0.15) is 5.82 Å². The number of benzene rings is 1. The van der Waals surface area contributed by atoms with E-state index in [9.17, 15) is 14.0 Å². The number of thioether (sulfide) groups is 1. The van der Waals surface area contributed by atoms with Crippen molar-refractivity contribution in [1.29, 1.82) is 0 Å². The third kappa shape index (κ3) is 5.07. The third-order valence-corrected chi connectivity index (χ3v) is 4.04. The molecule has 2 rings (SSSR count). The number of carbonyl (C=O) groups excluding carboxylic acids is 1. The molecule has 122 valence electrons. The van der Waals surface area contributed by atoms with Crippen molar-refractivity contribution in [3.8, 4) is 0 Å². The van der Waals surface area contributed by atoms with Gasteiger partial charge in [-0.25, -0.2) is 9.37 Å². The number of nitrogens with one attached hydrogen (secondary N) is 2. The fourth-order valence-electron chi connectivity index (χ4n) is 1.72. The number of aromatic amines is 1. The van der Waals surface area contributed by atoms with E-state index in [0.29, 0.717) is 16.5 Å². The summed E-state index contributed by atoms with van der Waals surface area (Å²) in [6, 6.07) is 5.37. The first-order chi connectivity index (χ1) is 10.8. The van der Waals surface area contributed by atoms with Gasteiger partial charge < -0.3 is 10.3 Å². The third-order valence-electron chi connectivity index (χ3n) is 2.87. The number of carbonyl (C=O) groups is 1. The summed E-state index contributed by atoms with van der Waals surface area (Å²) in [6.45, 7) is 3.86. The highest BCUT2D eigenvalue weighted by molar-refractivity contribution is 7.99. The lowest BCUT2D eigenvalue weighted by atomic mass is 10.1. The summed E-state index contributed by atoms with van der Waals surface area (Å²) in [7, 11) is 0. The molecule has 1 aromatic heterocycles. The first-order valence-electron chi connectivity index (χ1n) is 6.84. The van der Waals surface area contributed by atoms with Crippen molar-refractivity contribution in [2.45, 2.75) is 24.9 Å². The van der Waals surface area contributed by atoms with Crippen LogP contribution >= 0.6 is 23.4 Å². The highest BCUT2D eigenvalue weighted by Crippen LogP contribution is 2.20. The molecule has 2 N–H and O–H groups in total. The summed E-state index contributed by atoms with van der Waals surface area (Å²) in [6.07, 6.45) is 0. The second-order valence-electron chi connectivity index (χ2n) is 5.10. The van der Waals surface area contributed by atoms with Crippen LogP contribution in [0.4, 0.5) is 10.1 Å². The van der Waals surface area contributed by atoms with Gasteiger partial charge in [-0.1, -0.05) is 37.2 Å². The van der Waals surface area contributed by atoms with E-state index >= 15 is 0 Å². The molecule has 23 heavy (non-hydrogen) atoms. The second kappa shape index (κ2) is 7.61. The highest BCUT2D eigenvalue weighted by atomic mass is 35.5. The molecule has 0 radical (unpaired) electrons. The zero-order valence-corrected chi connectivity index (χ0v) is 14.1. The molecule has 0 saturated carbocycles.